The van der Waals surface area contributed by atoms with Gasteiger partial charge in [-0.05, 0) is 52.3 Å². The fraction of sp³-hybridized carbons (Fsp3) is 0.667. The quantitative estimate of drug-likeness (QED) is 0.358. The van der Waals surface area contributed by atoms with Gasteiger partial charge < -0.3 is 10.2 Å². The number of sulfone groups is 1. The van der Waals surface area contributed by atoms with Crippen molar-refractivity contribution in [1.82, 2.24) is 15.1 Å². The van der Waals surface area contributed by atoms with E-state index in [2.05, 4.69) is 46.3 Å². The zero-order valence-electron chi connectivity index (χ0n) is 17.8. The number of benzene rings is 1. The van der Waals surface area contributed by atoms with E-state index in [4.69, 9.17) is 4.99 Å². The minimum absolute atomic E-state index is 0. The van der Waals surface area contributed by atoms with Crippen molar-refractivity contribution in [3.63, 3.8) is 0 Å². The van der Waals surface area contributed by atoms with E-state index in [1.165, 1.54) is 18.4 Å². The molecule has 8 heteroatoms. The Bertz CT molecular complexity index is 777. The first kappa shape index (κ1) is 24.4. The van der Waals surface area contributed by atoms with E-state index < -0.39 is 14.6 Å². The maximum Gasteiger partial charge on any atom is 0.194 e. The van der Waals surface area contributed by atoms with Crippen molar-refractivity contribution >= 4 is 39.8 Å². The molecule has 0 aromatic heterocycles. The van der Waals surface area contributed by atoms with Crippen LogP contribution in [0.3, 0.4) is 0 Å². The first-order valence-corrected chi connectivity index (χ1v) is 12.0. The molecule has 2 aliphatic rings. The second-order valence-corrected chi connectivity index (χ2v) is 11.1. The number of hydrogen-bond acceptors (Lipinski definition) is 4. The maximum atomic E-state index is 12.4. The topological polar surface area (TPSA) is 65.0 Å². The van der Waals surface area contributed by atoms with Gasteiger partial charge in [-0.1, -0.05) is 30.3 Å². The van der Waals surface area contributed by atoms with Crippen LogP contribution in [0, 0.1) is 0 Å². The first-order chi connectivity index (χ1) is 13.3. The number of nitrogens with zero attached hydrogens (tertiary/aromatic N) is 3. The van der Waals surface area contributed by atoms with Crippen LogP contribution < -0.4 is 5.32 Å². The molecule has 0 spiro atoms. The molecular formula is C21H35IN4O2S. The highest BCUT2D eigenvalue weighted by Crippen LogP contribution is 2.26. The molecule has 2 saturated heterocycles. The number of rotatable bonds is 5. The summed E-state index contributed by atoms with van der Waals surface area (Å²) in [7, 11) is -3.06. The predicted molar refractivity (Wildman–Crippen MR) is 131 cm³/mol. The van der Waals surface area contributed by atoms with Gasteiger partial charge in [0.25, 0.3) is 0 Å². The van der Waals surface area contributed by atoms with E-state index in [9.17, 15) is 8.42 Å². The van der Waals surface area contributed by atoms with E-state index in [0.717, 1.165) is 25.6 Å². The summed E-state index contributed by atoms with van der Waals surface area (Å²) in [6, 6.07) is 10.9. The average molecular weight is 535 g/mol. The molecule has 2 fully saturated rings. The largest absolute Gasteiger partial charge is 0.357 e. The molecule has 1 aromatic carbocycles. The number of hydrogen-bond donors (Lipinski definition) is 1. The summed E-state index contributed by atoms with van der Waals surface area (Å²) in [6.45, 7) is 10.3. The van der Waals surface area contributed by atoms with E-state index >= 15 is 0 Å². The van der Waals surface area contributed by atoms with Crippen LogP contribution in [0.15, 0.2) is 35.3 Å². The molecule has 164 valence electrons. The number of aliphatic imine (C=N–C) groups is 1. The number of nitrogens with one attached hydrogen (secondary N) is 1. The van der Waals surface area contributed by atoms with Gasteiger partial charge in [0.1, 0.15) is 0 Å². The summed E-state index contributed by atoms with van der Waals surface area (Å²) in [5, 5.41) is 3.38. The normalized spacial score (nSPS) is 22.7. The highest BCUT2D eigenvalue weighted by atomic mass is 127. The third-order valence-corrected chi connectivity index (χ3v) is 8.39. The Morgan fingerprint density at radius 1 is 1.17 bits per heavy atom. The van der Waals surface area contributed by atoms with Crippen LogP contribution in [-0.2, 0) is 9.84 Å². The van der Waals surface area contributed by atoms with Crippen LogP contribution in [0.5, 0.6) is 0 Å². The molecule has 0 saturated carbocycles. The maximum absolute atomic E-state index is 12.4. The van der Waals surface area contributed by atoms with Gasteiger partial charge in [0, 0.05) is 19.6 Å². The summed E-state index contributed by atoms with van der Waals surface area (Å²) >= 11 is 0. The molecule has 0 aliphatic carbocycles. The molecule has 1 N–H and O–H groups in total. The minimum Gasteiger partial charge on any atom is -0.357 e. The van der Waals surface area contributed by atoms with Gasteiger partial charge in [0.2, 0.25) is 0 Å². The molecule has 1 aromatic rings. The van der Waals surface area contributed by atoms with Crippen molar-refractivity contribution < 1.29 is 8.42 Å². The van der Waals surface area contributed by atoms with Gasteiger partial charge in [-0.25, -0.2) is 8.42 Å². The van der Waals surface area contributed by atoms with Gasteiger partial charge in [-0.3, -0.25) is 9.89 Å². The fourth-order valence-corrected chi connectivity index (χ4v) is 5.45. The average Bonchev–Trinajstić information content (AvgIpc) is 3.19. The van der Waals surface area contributed by atoms with Crippen LogP contribution >= 0.6 is 24.0 Å². The summed E-state index contributed by atoms with van der Waals surface area (Å²) in [6.07, 6.45) is 2.48. The highest BCUT2D eigenvalue weighted by Gasteiger charge is 2.41. The monoisotopic (exact) mass is 534 g/mol. The second kappa shape index (κ2) is 10.4. The summed E-state index contributed by atoms with van der Waals surface area (Å²) in [4.78, 5) is 9.60. The molecule has 0 radical (unpaired) electrons. The molecule has 0 amide bonds. The van der Waals surface area contributed by atoms with Gasteiger partial charge in [0.05, 0.1) is 23.1 Å². The molecule has 6 nitrogen and oxygen atoms in total. The molecule has 1 unspecified atom stereocenters. The third kappa shape index (κ3) is 5.85. The minimum atomic E-state index is -3.06. The fourth-order valence-electron chi connectivity index (χ4n) is 4.08. The van der Waals surface area contributed by atoms with Crippen LogP contribution in [0.25, 0.3) is 0 Å². The van der Waals surface area contributed by atoms with E-state index in [1.54, 1.807) is 0 Å². The predicted octanol–water partition coefficient (Wildman–Crippen LogP) is 2.92. The Balaban J connectivity index is 0.00000300. The lowest BCUT2D eigenvalue weighted by molar-refractivity contribution is 0.250. The third-order valence-electron chi connectivity index (χ3n) is 5.86. The molecule has 2 heterocycles. The van der Waals surface area contributed by atoms with Crippen molar-refractivity contribution in [3.8, 4) is 0 Å². The van der Waals surface area contributed by atoms with Crippen LogP contribution in [0.4, 0.5) is 0 Å². The lowest BCUT2D eigenvalue weighted by Crippen LogP contribution is -2.57. The number of guanidine groups is 1. The Hall–Kier alpha value is -0.870. The highest BCUT2D eigenvalue weighted by molar-refractivity contribution is 14.0. The number of likely N-dealkylation sites (tertiary alicyclic amines) is 1. The molecule has 29 heavy (non-hydrogen) atoms. The summed E-state index contributed by atoms with van der Waals surface area (Å²) in [5.74, 6) is 1.00. The van der Waals surface area contributed by atoms with Crippen molar-refractivity contribution in [3.05, 3.63) is 35.9 Å². The SMILES string of the molecule is CCNC(=NCC(c1ccccc1)N1CCCC1)N1CCS(=O)(=O)C(C)(C)C1.I. The van der Waals surface area contributed by atoms with Crippen molar-refractivity contribution in [2.45, 2.75) is 44.4 Å². The first-order valence-electron chi connectivity index (χ1n) is 10.4. The lowest BCUT2D eigenvalue weighted by atomic mass is 10.1. The Labute approximate surface area is 193 Å². The van der Waals surface area contributed by atoms with Crippen molar-refractivity contribution in [1.29, 1.82) is 0 Å². The molecule has 1 atom stereocenters. The lowest BCUT2D eigenvalue weighted by Gasteiger charge is -2.39. The molecular weight excluding hydrogens is 499 g/mol. The van der Waals surface area contributed by atoms with Gasteiger partial charge >= 0.3 is 0 Å². The summed E-state index contributed by atoms with van der Waals surface area (Å²) in [5.41, 5.74) is 1.30. The van der Waals surface area contributed by atoms with Crippen molar-refractivity contribution in [2.75, 3.05) is 45.0 Å². The van der Waals surface area contributed by atoms with Gasteiger partial charge in [-0.15, -0.1) is 24.0 Å². The molecule has 2 aliphatic heterocycles. The standard InChI is InChI=1S/C21H34N4O2S.HI/c1-4-22-20(25-14-15-28(26,27)21(2,3)17-25)23-16-19(24-12-8-9-13-24)18-10-6-5-7-11-18;/h5-7,10-11,19H,4,8-9,12-17H2,1-3H3,(H,22,23);1H. The summed E-state index contributed by atoms with van der Waals surface area (Å²) < 4.78 is 24.0. The van der Waals surface area contributed by atoms with E-state index in [-0.39, 0.29) is 35.8 Å². The smallest absolute Gasteiger partial charge is 0.194 e. The zero-order valence-corrected chi connectivity index (χ0v) is 20.9. The van der Waals surface area contributed by atoms with Gasteiger partial charge in [-0.2, -0.15) is 0 Å². The zero-order chi connectivity index (χ0) is 20.2. The van der Waals surface area contributed by atoms with E-state index in [1.807, 2.05) is 19.9 Å². The molecule has 0 bridgehead atoms. The van der Waals surface area contributed by atoms with Crippen LogP contribution in [0.2, 0.25) is 0 Å². The second-order valence-electron chi connectivity index (χ2n) is 8.36. The Morgan fingerprint density at radius 3 is 2.41 bits per heavy atom. The van der Waals surface area contributed by atoms with E-state index in [0.29, 0.717) is 19.6 Å². The van der Waals surface area contributed by atoms with Crippen molar-refractivity contribution in [2.24, 2.45) is 4.99 Å². The van der Waals surface area contributed by atoms with Crippen LogP contribution in [-0.4, -0.2) is 73.9 Å². The van der Waals surface area contributed by atoms with Gasteiger partial charge in [0.15, 0.2) is 15.8 Å². The van der Waals surface area contributed by atoms with Crippen LogP contribution in [0.1, 0.15) is 45.2 Å². The Kier molecular flexibility index (Phi) is 8.78. The molecule has 3 rings (SSSR count). The number of halogens is 1. The Morgan fingerprint density at radius 2 is 1.83 bits per heavy atom.